The van der Waals surface area contributed by atoms with Gasteiger partial charge in [-0.2, -0.15) is 0 Å². The maximum atomic E-state index is 13.8. The molecule has 0 N–H and O–H groups in total. The highest BCUT2D eigenvalue weighted by Gasteiger charge is 2.29. The number of anilines is 1. The van der Waals surface area contributed by atoms with Crippen LogP contribution in [0.4, 0.5) is 10.1 Å². The first kappa shape index (κ1) is 23.6. The van der Waals surface area contributed by atoms with Gasteiger partial charge in [0.1, 0.15) is 5.83 Å². The molecular formula is C30H39FN2. The molecule has 2 aromatic rings. The zero-order valence-electron chi connectivity index (χ0n) is 21.0. The summed E-state index contributed by atoms with van der Waals surface area (Å²) in [4.78, 5) is 2.21. The number of aromatic nitrogens is 1. The normalized spacial score (nSPS) is 19.6. The lowest BCUT2D eigenvalue weighted by Gasteiger charge is -2.32. The van der Waals surface area contributed by atoms with E-state index in [1.54, 1.807) is 12.2 Å². The van der Waals surface area contributed by atoms with Crippen molar-refractivity contribution < 1.29 is 4.39 Å². The standard InChI is InChI=1S/C30H39FN2/c1-8-22-18-28-26(19-27(22)32(7)21(3)30(4,5)6)20(2)29(23-12-10-9-11-13-23)33(28)25-16-14-24(31)15-17-25/h8,14-16,18-19,23,25H,1,3,9-13,17H2,2,4-7H3. The summed E-state index contributed by atoms with van der Waals surface area (Å²) in [6.45, 7) is 17.4. The lowest BCUT2D eigenvalue weighted by molar-refractivity contribution is 0.417. The maximum absolute atomic E-state index is 13.8. The molecule has 3 heteroatoms. The van der Waals surface area contributed by atoms with E-state index in [0.29, 0.717) is 12.3 Å². The van der Waals surface area contributed by atoms with E-state index in [4.69, 9.17) is 0 Å². The molecule has 0 aliphatic heterocycles. The molecule has 2 aliphatic carbocycles. The Labute approximate surface area is 199 Å². The van der Waals surface area contributed by atoms with Crippen molar-refractivity contribution in [2.45, 2.75) is 78.2 Å². The van der Waals surface area contributed by atoms with Gasteiger partial charge in [-0.25, -0.2) is 4.39 Å². The van der Waals surface area contributed by atoms with E-state index >= 15 is 0 Å². The van der Waals surface area contributed by atoms with Gasteiger partial charge in [-0.05, 0) is 67.5 Å². The van der Waals surface area contributed by atoms with Crippen LogP contribution >= 0.6 is 0 Å². The van der Waals surface area contributed by atoms with Crippen molar-refractivity contribution in [1.82, 2.24) is 4.57 Å². The molecule has 0 amide bonds. The predicted molar refractivity (Wildman–Crippen MR) is 142 cm³/mol. The molecule has 0 radical (unpaired) electrons. The number of aryl methyl sites for hydroxylation is 1. The van der Waals surface area contributed by atoms with Crippen LogP contribution in [0, 0.1) is 12.3 Å². The van der Waals surface area contributed by atoms with Crippen LogP contribution in [0.25, 0.3) is 17.0 Å². The van der Waals surface area contributed by atoms with Gasteiger partial charge in [-0.3, -0.25) is 0 Å². The maximum Gasteiger partial charge on any atom is 0.119 e. The SMILES string of the molecule is C=Cc1cc2c(cc1N(C)C(=C)C(C)(C)C)c(C)c(C1CCCCC1)n2C1C=CC(F)=CC1. The predicted octanol–water partition coefficient (Wildman–Crippen LogP) is 8.99. The lowest BCUT2D eigenvalue weighted by Crippen LogP contribution is -2.26. The van der Waals surface area contributed by atoms with E-state index < -0.39 is 0 Å². The van der Waals surface area contributed by atoms with Gasteiger partial charge in [-0.1, -0.05) is 65.3 Å². The van der Waals surface area contributed by atoms with Crippen molar-refractivity contribution in [3.8, 4) is 0 Å². The molecule has 2 nitrogen and oxygen atoms in total. The van der Waals surface area contributed by atoms with E-state index in [-0.39, 0.29) is 17.3 Å². The van der Waals surface area contributed by atoms with Crippen LogP contribution in [0.15, 0.2) is 55.0 Å². The van der Waals surface area contributed by atoms with Crippen LogP contribution in [0.3, 0.4) is 0 Å². The first-order valence-electron chi connectivity index (χ1n) is 12.4. The number of hydrogen-bond acceptors (Lipinski definition) is 1. The smallest absolute Gasteiger partial charge is 0.119 e. The third-order valence-electron chi connectivity index (χ3n) is 7.66. The van der Waals surface area contributed by atoms with Gasteiger partial charge < -0.3 is 9.47 Å². The average molecular weight is 447 g/mol. The number of allylic oxidation sites excluding steroid dienone is 5. The Morgan fingerprint density at radius 1 is 1.18 bits per heavy atom. The topological polar surface area (TPSA) is 8.17 Å². The summed E-state index contributed by atoms with van der Waals surface area (Å²) in [6.07, 6.45) is 14.4. The largest absolute Gasteiger partial charge is 0.348 e. The molecule has 1 heterocycles. The summed E-state index contributed by atoms with van der Waals surface area (Å²) < 4.78 is 16.3. The van der Waals surface area contributed by atoms with Crippen LogP contribution in [0.2, 0.25) is 0 Å². The first-order chi connectivity index (χ1) is 15.6. The van der Waals surface area contributed by atoms with Gasteiger partial charge in [0.05, 0.1) is 6.04 Å². The minimum absolute atomic E-state index is 0.0281. The van der Waals surface area contributed by atoms with Crippen LogP contribution in [0.5, 0.6) is 0 Å². The molecule has 0 bridgehead atoms. The molecule has 2 aliphatic rings. The highest BCUT2D eigenvalue weighted by atomic mass is 19.1. The summed E-state index contributed by atoms with van der Waals surface area (Å²) in [5.41, 5.74) is 7.33. The Balaban J connectivity index is 1.93. The molecule has 1 aromatic carbocycles. The van der Waals surface area contributed by atoms with E-state index in [0.717, 1.165) is 16.9 Å². The second-order valence-electron chi connectivity index (χ2n) is 10.9. The zero-order chi connectivity index (χ0) is 23.9. The fourth-order valence-corrected chi connectivity index (χ4v) is 5.65. The van der Waals surface area contributed by atoms with Gasteiger partial charge in [0.15, 0.2) is 0 Å². The monoisotopic (exact) mass is 446 g/mol. The van der Waals surface area contributed by atoms with E-state index in [9.17, 15) is 4.39 Å². The van der Waals surface area contributed by atoms with Crippen molar-refractivity contribution in [3.05, 3.63) is 71.9 Å². The number of fused-ring (bicyclic) bond motifs is 1. The number of hydrogen-bond donors (Lipinski definition) is 0. The highest BCUT2D eigenvalue weighted by molar-refractivity contribution is 5.93. The summed E-state index contributed by atoms with van der Waals surface area (Å²) >= 11 is 0. The van der Waals surface area contributed by atoms with Crippen LogP contribution in [-0.4, -0.2) is 11.6 Å². The second kappa shape index (κ2) is 9.00. The number of halogens is 1. The number of benzene rings is 1. The van der Waals surface area contributed by atoms with Gasteiger partial charge in [-0.15, -0.1) is 0 Å². The fraction of sp³-hybridized carbons (Fsp3) is 0.467. The molecular weight excluding hydrogens is 407 g/mol. The van der Waals surface area contributed by atoms with Crippen molar-refractivity contribution in [2.75, 3.05) is 11.9 Å². The number of rotatable bonds is 5. The Morgan fingerprint density at radius 2 is 1.88 bits per heavy atom. The van der Waals surface area contributed by atoms with E-state index in [1.165, 1.54) is 54.3 Å². The lowest BCUT2D eigenvalue weighted by atomic mass is 9.85. The Bertz CT molecular complexity index is 1130. The van der Waals surface area contributed by atoms with Crippen molar-refractivity contribution >= 4 is 22.7 Å². The van der Waals surface area contributed by atoms with Gasteiger partial charge >= 0.3 is 0 Å². The van der Waals surface area contributed by atoms with Crippen molar-refractivity contribution in [3.63, 3.8) is 0 Å². The fourth-order valence-electron chi connectivity index (χ4n) is 5.65. The molecule has 4 rings (SSSR count). The molecule has 176 valence electrons. The molecule has 1 aromatic heterocycles. The quantitative estimate of drug-likeness (QED) is 0.445. The Kier molecular flexibility index (Phi) is 6.44. The summed E-state index contributed by atoms with van der Waals surface area (Å²) in [6, 6.07) is 4.75. The summed E-state index contributed by atoms with van der Waals surface area (Å²) in [5, 5.41) is 1.29. The summed E-state index contributed by atoms with van der Waals surface area (Å²) in [5.74, 6) is 0.434. The zero-order valence-corrected chi connectivity index (χ0v) is 21.0. The van der Waals surface area contributed by atoms with Crippen LogP contribution in [-0.2, 0) is 0 Å². The Morgan fingerprint density at radius 3 is 2.45 bits per heavy atom. The molecule has 0 saturated heterocycles. The van der Waals surface area contributed by atoms with E-state index in [1.807, 2.05) is 12.2 Å². The molecule has 1 unspecified atom stereocenters. The third-order valence-corrected chi connectivity index (χ3v) is 7.66. The molecule has 1 atom stereocenters. The van der Waals surface area contributed by atoms with Crippen molar-refractivity contribution in [1.29, 1.82) is 0 Å². The third kappa shape index (κ3) is 4.35. The first-order valence-corrected chi connectivity index (χ1v) is 12.4. The summed E-state index contributed by atoms with van der Waals surface area (Å²) in [7, 11) is 2.10. The minimum Gasteiger partial charge on any atom is -0.348 e. The van der Waals surface area contributed by atoms with Crippen LogP contribution < -0.4 is 4.90 Å². The molecule has 1 saturated carbocycles. The molecule has 0 spiro atoms. The van der Waals surface area contributed by atoms with E-state index in [2.05, 4.69) is 69.5 Å². The van der Waals surface area contributed by atoms with Gasteiger partial charge in [0.2, 0.25) is 0 Å². The van der Waals surface area contributed by atoms with Gasteiger partial charge in [0, 0.05) is 40.4 Å². The highest BCUT2D eigenvalue weighted by Crippen LogP contribution is 2.44. The van der Waals surface area contributed by atoms with Gasteiger partial charge in [0.25, 0.3) is 0 Å². The molecule has 1 fully saturated rings. The minimum atomic E-state index is -0.130. The molecule has 33 heavy (non-hydrogen) atoms. The Hall–Kier alpha value is -2.55. The average Bonchev–Trinajstić information content (AvgIpc) is 3.09. The number of nitrogens with zero attached hydrogens (tertiary/aromatic N) is 2. The van der Waals surface area contributed by atoms with Crippen molar-refractivity contribution in [2.24, 2.45) is 5.41 Å². The van der Waals surface area contributed by atoms with Crippen LogP contribution in [0.1, 0.15) is 88.1 Å². The second-order valence-corrected chi connectivity index (χ2v) is 10.9.